The minimum Gasteiger partial charge on any atom is -0.487 e. The molecule has 2 rings (SSSR count). The lowest BCUT2D eigenvalue weighted by atomic mass is 10.2. The van der Waals surface area contributed by atoms with Gasteiger partial charge in [0.25, 0.3) is 5.91 Å². The zero-order chi connectivity index (χ0) is 14.5. The minimum absolute atomic E-state index is 0.123. The summed E-state index contributed by atoms with van der Waals surface area (Å²) in [4.78, 5) is 22.2. The summed E-state index contributed by atoms with van der Waals surface area (Å²) >= 11 is 0. The lowest BCUT2D eigenvalue weighted by molar-refractivity contribution is -0.385. The van der Waals surface area contributed by atoms with Crippen molar-refractivity contribution < 1.29 is 19.2 Å². The minimum atomic E-state index is -0.517. The van der Waals surface area contributed by atoms with Crippen LogP contribution in [-0.4, -0.2) is 30.1 Å². The van der Waals surface area contributed by atoms with E-state index in [1.165, 1.54) is 18.2 Å². The van der Waals surface area contributed by atoms with Crippen molar-refractivity contribution >= 4 is 17.3 Å². The molecule has 108 valence electrons. The molecule has 1 aromatic rings. The van der Waals surface area contributed by atoms with Gasteiger partial charge in [0, 0.05) is 24.4 Å². The average Bonchev–Trinajstić information content (AvgIpc) is 2.93. The van der Waals surface area contributed by atoms with Crippen LogP contribution in [0.5, 0.6) is 5.75 Å². The second kappa shape index (κ2) is 6.33. The smallest absolute Gasteiger partial charge is 0.311 e. The van der Waals surface area contributed by atoms with Crippen LogP contribution in [0.1, 0.15) is 19.8 Å². The second-order valence-electron chi connectivity index (χ2n) is 4.36. The Bertz CT molecular complexity index is 511. The molecule has 7 heteroatoms. The van der Waals surface area contributed by atoms with Crippen molar-refractivity contribution in [3.8, 4) is 5.75 Å². The molecule has 1 heterocycles. The van der Waals surface area contributed by atoms with E-state index in [0.717, 1.165) is 6.42 Å². The van der Waals surface area contributed by atoms with Gasteiger partial charge in [-0.2, -0.15) is 0 Å². The van der Waals surface area contributed by atoms with Gasteiger partial charge in [-0.15, -0.1) is 0 Å². The number of nitro groups is 1. The fourth-order valence-corrected chi connectivity index (χ4v) is 2.02. The van der Waals surface area contributed by atoms with Gasteiger partial charge in [-0.3, -0.25) is 14.9 Å². The molecular weight excluding hydrogens is 264 g/mol. The van der Waals surface area contributed by atoms with Gasteiger partial charge in [0.1, 0.15) is 6.10 Å². The first-order chi connectivity index (χ1) is 9.61. The van der Waals surface area contributed by atoms with E-state index in [2.05, 4.69) is 5.32 Å². The average molecular weight is 280 g/mol. The van der Waals surface area contributed by atoms with Crippen LogP contribution < -0.4 is 10.1 Å². The highest BCUT2D eigenvalue weighted by Gasteiger charge is 2.24. The molecule has 0 unspecified atom stereocenters. The first kappa shape index (κ1) is 14.3. The van der Waals surface area contributed by atoms with Crippen LogP contribution in [0, 0.1) is 10.1 Å². The van der Waals surface area contributed by atoms with E-state index < -0.39 is 11.0 Å². The Labute approximate surface area is 116 Å². The van der Waals surface area contributed by atoms with Crippen LogP contribution in [0.3, 0.4) is 0 Å². The third-order valence-corrected chi connectivity index (χ3v) is 2.95. The molecular formula is C13H16N2O5. The number of nitrogens with zero attached hydrogens (tertiary/aromatic N) is 1. The SMILES string of the molecule is CCOc1cc(NC(=O)[C@H]2CCCO2)ccc1[N+](=O)[O-]. The monoisotopic (exact) mass is 280 g/mol. The maximum Gasteiger partial charge on any atom is 0.311 e. The fraction of sp³-hybridized carbons (Fsp3) is 0.462. The van der Waals surface area contributed by atoms with E-state index >= 15 is 0 Å². The molecule has 1 atom stereocenters. The summed E-state index contributed by atoms with van der Waals surface area (Å²) in [6.45, 7) is 2.63. The number of nitro benzene ring substituents is 1. The van der Waals surface area contributed by atoms with Gasteiger partial charge in [-0.25, -0.2) is 0 Å². The Kier molecular flexibility index (Phi) is 4.52. The van der Waals surface area contributed by atoms with Crippen molar-refractivity contribution in [3.05, 3.63) is 28.3 Å². The molecule has 1 aliphatic rings. The van der Waals surface area contributed by atoms with Crippen LogP contribution in [0.15, 0.2) is 18.2 Å². The van der Waals surface area contributed by atoms with Gasteiger partial charge in [0.15, 0.2) is 5.75 Å². The molecule has 20 heavy (non-hydrogen) atoms. The maximum atomic E-state index is 11.9. The van der Waals surface area contributed by atoms with Crippen molar-refractivity contribution in [2.24, 2.45) is 0 Å². The highest BCUT2D eigenvalue weighted by molar-refractivity contribution is 5.94. The zero-order valence-electron chi connectivity index (χ0n) is 11.1. The number of benzene rings is 1. The molecule has 1 amide bonds. The number of hydrogen-bond donors (Lipinski definition) is 1. The summed E-state index contributed by atoms with van der Waals surface area (Å²) in [5, 5.41) is 13.5. The molecule has 0 radical (unpaired) electrons. The molecule has 1 N–H and O–H groups in total. The van der Waals surface area contributed by atoms with Gasteiger partial charge < -0.3 is 14.8 Å². The van der Waals surface area contributed by atoms with Crippen molar-refractivity contribution in [2.45, 2.75) is 25.9 Å². The predicted molar refractivity (Wildman–Crippen MR) is 71.9 cm³/mol. The van der Waals surface area contributed by atoms with Gasteiger partial charge in [-0.1, -0.05) is 0 Å². The summed E-state index contributed by atoms with van der Waals surface area (Å²) in [5.41, 5.74) is 0.335. The first-order valence-corrected chi connectivity index (χ1v) is 6.45. The van der Waals surface area contributed by atoms with Crippen LogP contribution in [0.2, 0.25) is 0 Å². The standard InChI is InChI=1S/C13H16N2O5/c1-2-19-12-8-9(5-6-10(12)15(17)18)14-13(16)11-4-3-7-20-11/h5-6,8,11H,2-4,7H2,1H3,(H,14,16)/t11-/m1/s1. The molecule has 0 bridgehead atoms. The van der Waals surface area contributed by atoms with Crippen molar-refractivity contribution in [2.75, 3.05) is 18.5 Å². The largest absolute Gasteiger partial charge is 0.487 e. The Morgan fingerprint density at radius 1 is 1.60 bits per heavy atom. The summed E-state index contributed by atoms with van der Waals surface area (Å²) in [7, 11) is 0. The van der Waals surface area contributed by atoms with E-state index in [1.807, 2.05) is 0 Å². The van der Waals surface area contributed by atoms with Gasteiger partial charge in [0.05, 0.1) is 11.5 Å². The fourth-order valence-electron chi connectivity index (χ4n) is 2.02. The van der Waals surface area contributed by atoms with E-state index in [1.54, 1.807) is 6.92 Å². The van der Waals surface area contributed by atoms with Gasteiger partial charge >= 0.3 is 5.69 Å². The molecule has 7 nitrogen and oxygen atoms in total. The van der Waals surface area contributed by atoms with Crippen LogP contribution in [0.25, 0.3) is 0 Å². The van der Waals surface area contributed by atoms with Crippen molar-refractivity contribution in [1.82, 2.24) is 0 Å². The number of ether oxygens (including phenoxy) is 2. The quantitative estimate of drug-likeness (QED) is 0.659. The van der Waals surface area contributed by atoms with E-state index in [9.17, 15) is 14.9 Å². The summed E-state index contributed by atoms with van der Waals surface area (Å²) in [6.07, 6.45) is 1.11. The molecule has 1 fully saturated rings. The van der Waals surface area contributed by atoms with Crippen molar-refractivity contribution in [1.29, 1.82) is 0 Å². The van der Waals surface area contributed by atoms with Gasteiger partial charge in [-0.05, 0) is 25.8 Å². The van der Waals surface area contributed by atoms with Crippen LogP contribution >= 0.6 is 0 Å². The topological polar surface area (TPSA) is 90.7 Å². The molecule has 1 aliphatic heterocycles. The van der Waals surface area contributed by atoms with Gasteiger partial charge in [0.2, 0.25) is 0 Å². The molecule has 0 aromatic heterocycles. The maximum absolute atomic E-state index is 11.9. The summed E-state index contributed by atoms with van der Waals surface area (Å²) in [6, 6.07) is 4.25. The van der Waals surface area contributed by atoms with E-state index in [4.69, 9.17) is 9.47 Å². The Balaban J connectivity index is 2.13. The number of hydrogen-bond acceptors (Lipinski definition) is 5. The Morgan fingerprint density at radius 2 is 2.40 bits per heavy atom. The lowest BCUT2D eigenvalue weighted by Gasteiger charge is -2.11. The first-order valence-electron chi connectivity index (χ1n) is 6.45. The number of carbonyl (C=O) groups is 1. The Hall–Kier alpha value is -2.15. The highest BCUT2D eigenvalue weighted by atomic mass is 16.6. The second-order valence-corrected chi connectivity index (χ2v) is 4.36. The summed E-state index contributed by atoms with van der Waals surface area (Å²) < 4.78 is 10.5. The number of rotatable bonds is 5. The molecule has 1 saturated heterocycles. The highest BCUT2D eigenvalue weighted by Crippen LogP contribution is 2.30. The Morgan fingerprint density at radius 3 is 3.00 bits per heavy atom. The predicted octanol–water partition coefficient (Wildman–Crippen LogP) is 2.11. The van der Waals surface area contributed by atoms with Crippen LogP contribution in [0.4, 0.5) is 11.4 Å². The number of amides is 1. The molecule has 0 aliphatic carbocycles. The number of nitrogens with one attached hydrogen (secondary N) is 1. The normalized spacial score (nSPS) is 17.8. The number of anilines is 1. The molecule has 0 spiro atoms. The third-order valence-electron chi connectivity index (χ3n) is 2.95. The zero-order valence-corrected chi connectivity index (χ0v) is 11.1. The lowest BCUT2D eigenvalue weighted by Crippen LogP contribution is -2.26. The number of carbonyl (C=O) groups excluding carboxylic acids is 1. The molecule has 1 aromatic carbocycles. The van der Waals surface area contributed by atoms with Crippen LogP contribution in [-0.2, 0) is 9.53 Å². The van der Waals surface area contributed by atoms with E-state index in [-0.39, 0.29) is 17.3 Å². The molecule has 0 saturated carbocycles. The van der Waals surface area contributed by atoms with E-state index in [0.29, 0.717) is 25.3 Å². The third kappa shape index (κ3) is 3.24. The summed E-state index contributed by atoms with van der Waals surface area (Å²) in [5.74, 6) is -0.0959. The van der Waals surface area contributed by atoms with Crippen molar-refractivity contribution in [3.63, 3.8) is 0 Å².